The third-order valence-electron chi connectivity index (χ3n) is 2.24. The van der Waals surface area contributed by atoms with Gasteiger partial charge in [0.25, 0.3) is 0 Å². The van der Waals surface area contributed by atoms with Gasteiger partial charge in [-0.1, -0.05) is 6.07 Å². The number of carboxylic acids is 1. The molecular formula is C12H12N2O2S. The van der Waals surface area contributed by atoms with E-state index in [-0.39, 0.29) is 0 Å². The van der Waals surface area contributed by atoms with Crippen LogP contribution in [0.3, 0.4) is 0 Å². The van der Waals surface area contributed by atoms with Gasteiger partial charge >= 0.3 is 5.97 Å². The van der Waals surface area contributed by atoms with Crippen molar-refractivity contribution in [3.05, 3.63) is 47.8 Å². The highest BCUT2D eigenvalue weighted by molar-refractivity contribution is 7.98. The van der Waals surface area contributed by atoms with Crippen LogP contribution in [0.1, 0.15) is 16.1 Å². The van der Waals surface area contributed by atoms with E-state index in [0.717, 1.165) is 16.3 Å². The molecule has 1 aromatic heterocycles. The van der Waals surface area contributed by atoms with Crippen LogP contribution in [-0.4, -0.2) is 20.9 Å². The Morgan fingerprint density at radius 1 is 1.47 bits per heavy atom. The number of thioether (sulfide) groups is 1. The van der Waals surface area contributed by atoms with E-state index in [1.165, 1.54) is 0 Å². The Morgan fingerprint density at radius 2 is 2.29 bits per heavy atom. The summed E-state index contributed by atoms with van der Waals surface area (Å²) in [4.78, 5) is 11.7. The summed E-state index contributed by atoms with van der Waals surface area (Å²) in [6.07, 6.45) is 1.89. The summed E-state index contributed by atoms with van der Waals surface area (Å²) in [5.41, 5.74) is 1.30. The molecule has 2 rings (SSSR count). The molecule has 2 aromatic rings. The zero-order chi connectivity index (χ0) is 12.3. The van der Waals surface area contributed by atoms with Gasteiger partial charge in [0.2, 0.25) is 0 Å². The molecule has 0 spiro atoms. The van der Waals surface area contributed by atoms with Gasteiger partial charge in [-0.3, -0.25) is 4.68 Å². The largest absolute Gasteiger partial charge is 0.478 e. The Bertz CT molecular complexity index is 537. The minimum atomic E-state index is -0.898. The van der Waals surface area contributed by atoms with Gasteiger partial charge in [-0.2, -0.15) is 5.10 Å². The first-order valence-corrected chi connectivity index (χ1v) is 6.08. The van der Waals surface area contributed by atoms with Crippen LogP contribution >= 0.6 is 11.8 Å². The molecule has 0 radical (unpaired) electrons. The number of aromatic carboxylic acids is 1. The van der Waals surface area contributed by atoms with Gasteiger partial charge in [-0.25, -0.2) is 4.79 Å². The Hall–Kier alpha value is -1.75. The third kappa shape index (κ3) is 3.10. The lowest BCUT2D eigenvalue weighted by molar-refractivity contribution is 0.0696. The predicted molar refractivity (Wildman–Crippen MR) is 66.2 cm³/mol. The smallest absolute Gasteiger partial charge is 0.335 e. The molecule has 1 heterocycles. The minimum absolute atomic E-state index is 0.316. The maximum Gasteiger partial charge on any atom is 0.335 e. The number of benzene rings is 1. The molecule has 0 unspecified atom stereocenters. The van der Waals surface area contributed by atoms with Gasteiger partial charge in [0.1, 0.15) is 0 Å². The summed E-state index contributed by atoms with van der Waals surface area (Å²) < 4.78 is 1.75. The summed E-state index contributed by atoms with van der Waals surface area (Å²) in [5.74, 6) is -0.158. The summed E-state index contributed by atoms with van der Waals surface area (Å²) in [7, 11) is 1.87. The van der Waals surface area contributed by atoms with E-state index in [4.69, 9.17) is 5.11 Å². The quantitative estimate of drug-likeness (QED) is 0.844. The molecule has 0 saturated heterocycles. The highest BCUT2D eigenvalue weighted by Gasteiger charge is 2.04. The van der Waals surface area contributed by atoms with E-state index in [1.807, 2.05) is 25.4 Å². The van der Waals surface area contributed by atoms with Gasteiger partial charge in [-0.15, -0.1) is 11.8 Å². The van der Waals surface area contributed by atoms with Crippen LogP contribution in [0, 0.1) is 0 Å². The van der Waals surface area contributed by atoms with Crippen molar-refractivity contribution >= 4 is 17.7 Å². The Kier molecular flexibility index (Phi) is 3.49. The van der Waals surface area contributed by atoms with E-state index in [1.54, 1.807) is 34.6 Å². The number of hydrogen-bond donors (Lipinski definition) is 1. The second-order valence-corrected chi connectivity index (χ2v) is 4.65. The molecule has 0 fully saturated rings. The van der Waals surface area contributed by atoms with Crippen molar-refractivity contribution < 1.29 is 9.90 Å². The Morgan fingerprint density at radius 3 is 2.94 bits per heavy atom. The number of rotatable bonds is 4. The van der Waals surface area contributed by atoms with Crippen molar-refractivity contribution in [1.29, 1.82) is 0 Å². The predicted octanol–water partition coefficient (Wildman–Crippen LogP) is 2.41. The number of carboxylic acid groups (broad SMARTS) is 1. The third-order valence-corrected chi connectivity index (χ3v) is 3.26. The lowest BCUT2D eigenvalue weighted by Crippen LogP contribution is -1.95. The second kappa shape index (κ2) is 5.05. The van der Waals surface area contributed by atoms with Gasteiger partial charge in [0, 0.05) is 23.9 Å². The van der Waals surface area contributed by atoms with Gasteiger partial charge in [-0.05, 0) is 24.3 Å². The van der Waals surface area contributed by atoms with Crippen molar-refractivity contribution in [2.24, 2.45) is 7.05 Å². The maximum atomic E-state index is 10.8. The topological polar surface area (TPSA) is 55.1 Å². The molecule has 0 aliphatic heterocycles. The van der Waals surface area contributed by atoms with Crippen LogP contribution < -0.4 is 0 Å². The molecule has 0 bridgehead atoms. The molecule has 0 amide bonds. The van der Waals surface area contributed by atoms with Crippen LogP contribution in [0.4, 0.5) is 0 Å². The van der Waals surface area contributed by atoms with Crippen molar-refractivity contribution in [2.45, 2.75) is 10.6 Å². The van der Waals surface area contributed by atoms with Crippen LogP contribution in [0.25, 0.3) is 0 Å². The standard InChI is InChI=1S/C12H12N2O2S/c1-14-6-5-10(13-14)8-17-11-4-2-3-9(7-11)12(15)16/h2-7H,8H2,1H3,(H,15,16). The Balaban J connectivity index is 2.04. The normalized spacial score (nSPS) is 10.4. The van der Waals surface area contributed by atoms with Crippen LogP contribution in [-0.2, 0) is 12.8 Å². The molecule has 4 nitrogen and oxygen atoms in total. The van der Waals surface area contributed by atoms with E-state index >= 15 is 0 Å². The zero-order valence-corrected chi connectivity index (χ0v) is 10.1. The van der Waals surface area contributed by atoms with Gasteiger partial charge in [0.05, 0.1) is 11.3 Å². The second-order valence-electron chi connectivity index (χ2n) is 3.60. The van der Waals surface area contributed by atoms with E-state index < -0.39 is 5.97 Å². The van der Waals surface area contributed by atoms with Crippen LogP contribution in [0.5, 0.6) is 0 Å². The van der Waals surface area contributed by atoms with E-state index in [0.29, 0.717) is 5.56 Å². The molecule has 17 heavy (non-hydrogen) atoms. The summed E-state index contributed by atoms with van der Waals surface area (Å²) >= 11 is 1.58. The molecule has 1 N–H and O–H groups in total. The highest BCUT2D eigenvalue weighted by Crippen LogP contribution is 2.22. The summed E-state index contributed by atoms with van der Waals surface area (Å²) in [6, 6.07) is 8.88. The first-order valence-electron chi connectivity index (χ1n) is 5.10. The van der Waals surface area contributed by atoms with Crippen molar-refractivity contribution in [1.82, 2.24) is 9.78 Å². The number of aryl methyl sites for hydroxylation is 1. The molecule has 1 aromatic carbocycles. The lowest BCUT2D eigenvalue weighted by atomic mass is 10.2. The monoisotopic (exact) mass is 248 g/mol. The number of carbonyl (C=O) groups is 1. The first-order chi connectivity index (χ1) is 8.15. The molecule has 88 valence electrons. The van der Waals surface area contributed by atoms with Crippen molar-refractivity contribution in [2.75, 3.05) is 0 Å². The average Bonchev–Trinajstić information content (AvgIpc) is 2.73. The fourth-order valence-electron chi connectivity index (χ4n) is 1.42. The molecule has 5 heteroatoms. The van der Waals surface area contributed by atoms with E-state index in [9.17, 15) is 4.79 Å². The molecule has 0 atom stereocenters. The summed E-state index contributed by atoms with van der Waals surface area (Å²) in [5, 5.41) is 13.1. The minimum Gasteiger partial charge on any atom is -0.478 e. The first kappa shape index (κ1) is 11.7. The molecule has 0 aliphatic rings. The van der Waals surface area contributed by atoms with Gasteiger partial charge < -0.3 is 5.11 Å². The van der Waals surface area contributed by atoms with Crippen molar-refractivity contribution in [3.8, 4) is 0 Å². The number of aromatic nitrogens is 2. The fraction of sp³-hybridized carbons (Fsp3) is 0.167. The van der Waals surface area contributed by atoms with Crippen LogP contribution in [0.15, 0.2) is 41.4 Å². The SMILES string of the molecule is Cn1ccc(CSc2cccc(C(=O)O)c2)n1. The zero-order valence-electron chi connectivity index (χ0n) is 9.33. The van der Waals surface area contributed by atoms with E-state index in [2.05, 4.69) is 5.10 Å². The lowest BCUT2D eigenvalue weighted by Gasteiger charge is -2.01. The van der Waals surface area contributed by atoms with Gasteiger partial charge in [0.15, 0.2) is 0 Å². The number of nitrogens with zero attached hydrogens (tertiary/aromatic N) is 2. The fourth-order valence-corrected chi connectivity index (χ4v) is 2.27. The Labute approximate surface area is 103 Å². The highest BCUT2D eigenvalue weighted by atomic mass is 32.2. The maximum absolute atomic E-state index is 10.8. The molecular weight excluding hydrogens is 236 g/mol. The van der Waals surface area contributed by atoms with Crippen LogP contribution in [0.2, 0.25) is 0 Å². The average molecular weight is 248 g/mol. The molecule has 0 saturated carbocycles. The van der Waals surface area contributed by atoms with Crippen molar-refractivity contribution in [3.63, 3.8) is 0 Å². The number of hydrogen-bond acceptors (Lipinski definition) is 3. The molecule has 0 aliphatic carbocycles. The summed E-state index contributed by atoms with van der Waals surface area (Å²) in [6.45, 7) is 0.